The fourth-order valence-electron chi connectivity index (χ4n) is 2.06. The lowest BCUT2D eigenvalue weighted by Crippen LogP contribution is -2.06. The molecular weight excluding hydrogens is 227 g/mol. The minimum absolute atomic E-state index is 0.0433. The zero-order valence-corrected chi connectivity index (χ0v) is 9.60. The fourth-order valence-corrected chi connectivity index (χ4v) is 3.15. The van der Waals surface area contributed by atoms with Crippen molar-refractivity contribution in [2.75, 3.05) is 5.75 Å². The summed E-state index contributed by atoms with van der Waals surface area (Å²) in [7, 11) is 0. The van der Waals surface area contributed by atoms with Gasteiger partial charge in [0.15, 0.2) is 0 Å². The first-order valence-electron chi connectivity index (χ1n) is 5.31. The molecule has 2 rings (SSSR count). The van der Waals surface area contributed by atoms with Gasteiger partial charge >= 0.3 is 5.97 Å². The first kappa shape index (κ1) is 11.5. The summed E-state index contributed by atoms with van der Waals surface area (Å²) in [4.78, 5) is 11.8. The van der Waals surface area contributed by atoms with E-state index in [1.807, 2.05) is 0 Å². The molecule has 86 valence electrons. The van der Waals surface area contributed by atoms with Gasteiger partial charge in [0.1, 0.15) is 5.82 Å². The summed E-state index contributed by atoms with van der Waals surface area (Å²) in [6.45, 7) is 0. The van der Waals surface area contributed by atoms with E-state index in [4.69, 9.17) is 5.11 Å². The van der Waals surface area contributed by atoms with Gasteiger partial charge in [0.05, 0.1) is 6.42 Å². The van der Waals surface area contributed by atoms with Gasteiger partial charge in [-0.05, 0) is 48.3 Å². The van der Waals surface area contributed by atoms with Crippen molar-refractivity contribution in [2.24, 2.45) is 0 Å². The quantitative estimate of drug-likeness (QED) is 0.862. The first-order chi connectivity index (χ1) is 7.66. The number of thioether (sulfide) groups is 1. The molecule has 0 spiro atoms. The van der Waals surface area contributed by atoms with E-state index in [9.17, 15) is 9.18 Å². The van der Waals surface area contributed by atoms with E-state index in [1.165, 1.54) is 12.1 Å². The van der Waals surface area contributed by atoms with Crippen molar-refractivity contribution in [3.63, 3.8) is 0 Å². The van der Waals surface area contributed by atoms with Gasteiger partial charge < -0.3 is 5.11 Å². The van der Waals surface area contributed by atoms with Crippen molar-refractivity contribution >= 4 is 17.7 Å². The number of rotatable bonds is 2. The molecule has 2 nitrogen and oxygen atoms in total. The molecule has 1 heterocycles. The normalized spacial score (nSPS) is 19.9. The van der Waals surface area contributed by atoms with Crippen LogP contribution in [-0.2, 0) is 4.79 Å². The highest BCUT2D eigenvalue weighted by Crippen LogP contribution is 2.38. The van der Waals surface area contributed by atoms with E-state index in [1.54, 1.807) is 17.8 Å². The molecule has 0 fully saturated rings. The minimum atomic E-state index is -0.813. The van der Waals surface area contributed by atoms with Crippen LogP contribution in [0.2, 0.25) is 0 Å². The third kappa shape index (κ3) is 2.55. The maximum Gasteiger partial charge on any atom is 0.303 e. The molecule has 0 radical (unpaired) electrons. The average molecular weight is 240 g/mol. The molecule has 1 N–H and O–H groups in total. The molecule has 1 aliphatic rings. The number of carbonyl (C=O) groups is 1. The highest BCUT2D eigenvalue weighted by atomic mass is 32.2. The van der Waals surface area contributed by atoms with Crippen molar-refractivity contribution in [2.45, 2.75) is 30.1 Å². The van der Waals surface area contributed by atoms with E-state index < -0.39 is 5.97 Å². The molecule has 1 atom stereocenters. The molecule has 0 bridgehead atoms. The smallest absolute Gasteiger partial charge is 0.303 e. The van der Waals surface area contributed by atoms with Gasteiger partial charge in [-0.15, -0.1) is 11.8 Å². The van der Waals surface area contributed by atoms with Crippen LogP contribution in [0.1, 0.15) is 30.7 Å². The molecule has 0 saturated heterocycles. The predicted octanol–water partition coefficient (Wildman–Crippen LogP) is 3.27. The molecule has 4 heteroatoms. The zero-order chi connectivity index (χ0) is 11.5. The van der Waals surface area contributed by atoms with Crippen LogP contribution in [-0.4, -0.2) is 16.8 Å². The number of hydrogen-bond donors (Lipinski definition) is 1. The molecule has 0 amide bonds. The molecule has 1 aliphatic heterocycles. The molecule has 1 unspecified atom stereocenters. The maximum atomic E-state index is 13.2. The molecule has 0 aromatic heterocycles. The van der Waals surface area contributed by atoms with Gasteiger partial charge in [-0.2, -0.15) is 0 Å². The summed E-state index contributed by atoms with van der Waals surface area (Å²) in [5.41, 5.74) is 0.866. The van der Waals surface area contributed by atoms with Crippen LogP contribution in [0.4, 0.5) is 4.39 Å². The lowest BCUT2D eigenvalue weighted by molar-refractivity contribution is -0.137. The number of halogens is 1. The van der Waals surface area contributed by atoms with Gasteiger partial charge in [0.2, 0.25) is 0 Å². The fraction of sp³-hybridized carbons (Fsp3) is 0.417. The largest absolute Gasteiger partial charge is 0.481 e. The van der Waals surface area contributed by atoms with E-state index in [2.05, 4.69) is 0 Å². The predicted molar refractivity (Wildman–Crippen MR) is 61.4 cm³/mol. The first-order valence-corrected chi connectivity index (χ1v) is 6.29. The highest BCUT2D eigenvalue weighted by molar-refractivity contribution is 7.99. The third-order valence-corrected chi connectivity index (χ3v) is 3.96. The van der Waals surface area contributed by atoms with Crippen molar-refractivity contribution < 1.29 is 14.3 Å². The molecule has 1 aromatic rings. The maximum absolute atomic E-state index is 13.2. The Labute approximate surface area is 97.9 Å². The highest BCUT2D eigenvalue weighted by Gasteiger charge is 2.21. The van der Waals surface area contributed by atoms with Crippen LogP contribution < -0.4 is 0 Å². The van der Waals surface area contributed by atoms with E-state index in [-0.39, 0.29) is 18.2 Å². The lowest BCUT2D eigenvalue weighted by atomic mass is 9.91. The zero-order valence-electron chi connectivity index (χ0n) is 8.78. The van der Waals surface area contributed by atoms with Gasteiger partial charge in [0, 0.05) is 4.90 Å². The van der Waals surface area contributed by atoms with E-state index in [0.29, 0.717) is 0 Å². The van der Waals surface area contributed by atoms with Gasteiger partial charge in [-0.1, -0.05) is 0 Å². The summed E-state index contributed by atoms with van der Waals surface area (Å²) in [5.74, 6) is -0.156. The number of carboxylic acid groups (broad SMARTS) is 1. The Morgan fingerprint density at radius 2 is 2.38 bits per heavy atom. The Morgan fingerprint density at radius 3 is 3.12 bits per heavy atom. The molecule has 1 aromatic carbocycles. The van der Waals surface area contributed by atoms with E-state index in [0.717, 1.165) is 29.1 Å². The summed E-state index contributed by atoms with van der Waals surface area (Å²) in [5, 5.41) is 8.85. The number of aliphatic carboxylic acids is 1. The van der Waals surface area contributed by atoms with E-state index >= 15 is 0 Å². The van der Waals surface area contributed by atoms with Crippen molar-refractivity contribution in [1.82, 2.24) is 0 Å². The number of benzene rings is 1. The second-order valence-corrected chi connectivity index (χ2v) is 5.10. The molecule has 0 aliphatic carbocycles. The van der Waals surface area contributed by atoms with Crippen LogP contribution in [0.3, 0.4) is 0 Å². The van der Waals surface area contributed by atoms with Gasteiger partial charge in [-0.25, -0.2) is 4.39 Å². The number of fused-ring (bicyclic) bond motifs is 1. The van der Waals surface area contributed by atoms with Crippen molar-refractivity contribution in [1.29, 1.82) is 0 Å². The van der Waals surface area contributed by atoms with Crippen molar-refractivity contribution in [3.05, 3.63) is 29.6 Å². The van der Waals surface area contributed by atoms with Crippen LogP contribution in [0, 0.1) is 5.82 Å². The summed E-state index contributed by atoms with van der Waals surface area (Å²) in [6.07, 6.45) is 1.91. The second-order valence-electron chi connectivity index (χ2n) is 3.97. The van der Waals surface area contributed by atoms with Gasteiger partial charge in [-0.3, -0.25) is 4.79 Å². The van der Waals surface area contributed by atoms with Crippen LogP contribution in [0.15, 0.2) is 23.1 Å². The molecule has 0 saturated carbocycles. The lowest BCUT2D eigenvalue weighted by Gasteiger charge is -2.14. The van der Waals surface area contributed by atoms with Crippen LogP contribution >= 0.6 is 11.8 Å². The Kier molecular flexibility index (Phi) is 3.49. The number of hydrogen-bond acceptors (Lipinski definition) is 2. The Morgan fingerprint density at radius 1 is 1.56 bits per heavy atom. The minimum Gasteiger partial charge on any atom is -0.481 e. The second kappa shape index (κ2) is 4.87. The Bertz CT molecular complexity index is 406. The van der Waals surface area contributed by atoms with Crippen LogP contribution in [0.5, 0.6) is 0 Å². The van der Waals surface area contributed by atoms with Gasteiger partial charge in [0.25, 0.3) is 0 Å². The Hall–Kier alpha value is -1.03. The summed E-state index contributed by atoms with van der Waals surface area (Å²) >= 11 is 1.69. The third-order valence-electron chi connectivity index (χ3n) is 2.79. The van der Waals surface area contributed by atoms with Crippen molar-refractivity contribution in [3.8, 4) is 0 Å². The Balaban J connectivity index is 2.34. The average Bonchev–Trinajstić information content (AvgIpc) is 2.41. The summed E-state index contributed by atoms with van der Waals surface area (Å²) < 4.78 is 13.2. The van der Waals surface area contributed by atoms with Crippen LogP contribution in [0.25, 0.3) is 0 Å². The standard InChI is InChI=1S/C12H13FO2S/c13-9-3-4-11-10(7-9)8(6-12(14)15)2-1-5-16-11/h3-4,7-8H,1-2,5-6H2,(H,14,15). The molecular formula is C12H13FO2S. The number of carboxylic acids is 1. The topological polar surface area (TPSA) is 37.3 Å². The monoisotopic (exact) mass is 240 g/mol. The summed E-state index contributed by atoms with van der Waals surface area (Å²) in [6, 6.07) is 4.69. The molecule has 16 heavy (non-hydrogen) atoms. The SMILES string of the molecule is O=C(O)CC1CCCSc2ccc(F)cc21.